The maximum Gasteiger partial charge on any atom is 0.213 e. The van der Waals surface area contributed by atoms with Gasteiger partial charge in [0.1, 0.15) is 5.69 Å². The van der Waals surface area contributed by atoms with Crippen LogP contribution in [0.5, 0.6) is 0 Å². The molecule has 2 rings (SSSR count). The number of pyridine rings is 1. The largest absolute Gasteiger partial charge is 0.386 e. The zero-order chi connectivity index (χ0) is 14.0. The third-order valence-electron chi connectivity index (χ3n) is 2.52. The SMILES string of the molecule is CNc1cc(Cl)cnc1C(=O)c1ccc(F)c(F)c1. The first-order valence-corrected chi connectivity index (χ1v) is 5.73. The van der Waals surface area contributed by atoms with E-state index in [9.17, 15) is 13.6 Å². The van der Waals surface area contributed by atoms with Gasteiger partial charge in [-0.3, -0.25) is 4.79 Å². The van der Waals surface area contributed by atoms with Gasteiger partial charge in [0.25, 0.3) is 0 Å². The summed E-state index contributed by atoms with van der Waals surface area (Å²) in [6, 6.07) is 4.48. The van der Waals surface area contributed by atoms with Crippen LogP contribution in [0.2, 0.25) is 5.02 Å². The third-order valence-corrected chi connectivity index (χ3v) is 2.73. The summed E-state index contributed by atoms with van der Waals surface area (Å²) in [7, 11) is 1.61. The summed E-state index contributed by atoms with van der Waals surface area (Å²) in [5.74, 6) is -2.60. The van der Waals surface area contributed by atoms with Gasteiger partial charge in [0.15, 0.2) is 11.6 Å². The number of nitrogens with one attached hydrogen (secondary N) is 1. The zero-order valence-electron chi connectivity index (χ0n) is 9.88. The van der Waals surface area contributed by atoms with Gasteiger partial charge < -0.3 is 5.32 Å². The Morgan fingerprint density at radius 3 is 2.63 bits per heavy atom. The van der Waals surface area contributed by atoms with Gasteiger partial charge in [-0.2, -0.15) is 0 Å². The van der Waals surface area contributed by atoms with Gasteiger partial charge >= 0.3 is 0 Å². The summed E-state index contributed by atoms with van der Waals surface area (Å²) in [5.41, 5.74) is 0.533. The molecule has 19 heavy (non-hydrogen) atoms. The van der Waals surface area contributed by atoms with Crippen LogP contribution in [0.1, 0.15) is 16.1 Å². The van der Waals surface area contributed by atoms with Crippen molar-refractivity contribution >= 4 is 23.1 Å². The Balaban J connectivity index is 2.46. The van der Waals surface area contributed by atoms with Crippen LogP contribution in [0.4, 0.5) is 14.5 Å². The van der Waals surface area contributed by atoms with Crippen LogP contribution >= 0.6 is 11.6 Å². The lowest BCUT2D eigenvalue weighted by Crippen LogP contribution is -2.08. The van der Waals surface area contributed by atoms with Crippen molar-refractivity contribution in [3.8, 4) is 0 Å². The number of hydrogen-bond acceptors (Lipinski definition) is 3. The summed E-state index contributed by atoms with van der Waals surface area (Å²) in [4.78, 5) is 16.1. The van der Waals surface area contributed by atoms with Crippen LogP contribution in [0.3, 0.4) is 0 Å². The summed E-state index contributed by atoms with van der Waals surface area (Å²) >= 11 is 5.77. The molecule has 0 unspecified atom stereocenters. The predicted octanol–water partition coefficient (Wildman–Crippen LogP) is 3.29. The summed E-state index contributed by atoms with van der Waals surface area (Å²) in [6.07, 6.45) is 1.31. The number of halogens is 3. The standard InChI is InChI=1S/C13H9ClF2N2O/c1-17-11-5-8(14)6-18-12(11)13(19)7-2-3-9(15)10(16)4-7/h2-6,17H,1H3. The molecule has 0 aliphatic carbocycles. The van der Waals surface area contributed by atoms with Gasteiger partial charge in [-0.15, -0.1) is 0 Å². The highest BCUT2D eigenvalue weighted by molar-refractivity contribution is 6.31. The van der Waals surface area contributed by atoms with E-state index in [0.717, 1.165) is 12.1 Å². The molecule has 0 amide bonds. The molecule has 1 N–H and O–H groups in total. The second-order valence-corrected chi connectivity index (χ2v) is 4.19. The predicted molar refractivity (Wildman–Crippen MR) is 68.6 cm³/mol. The molecule has 1 aromatic heterocycles. The summed E-state index contributed by atoms with van der Waals surface area (Å²) < 4.78 is 25.9. The van der Waals surface area contributed by atoms with Gasteiger partial charge in [0, 0.05) is 18.8 Å². The number of hydrogen-bond donors (Lipinski definition) is 1. The van der Waals surface area contributed by atoms with E-state index in [2.05, 4.69) is 10.3 Å². The molecule has 0 spiro atoms. The third kappa shape index (κ3) is 2.71. The van der Waals surface area contributed by atoms with Crippen LogP contribution in [0.15, 0.2) is 30.5 Å². The first-order valence-electron chi connectivity index (χ1n) is 5.36. The van der Waals surface area contributed by atoms with E-state index >= 15 is 0 Å². The molecule has 98 valence electrons. The van der Waals surface area contributed by atoms with E-state index in [1.54, 1.807) is 7.05 Å². The minimum Gasteiger partial charge on any atom is -0.386 e. The van der Waals surface area contributed by atoms with E-state index in [0.29, 0.717) is 10.7 Å². The van der Waals surface area contributed by atoms with Gasteiger partial charge in [0.2, 0.25) is 5.78 Å². The number of carbonyl (C=O) groups is 1. The molecule has 0 atom stereocenters. The van der Waals surface area contributed by atoms with Gasteiger partial charge in [0.05, 0.1) is 10.7 Å². The number of benzene rings is 1. The van der Waals surface area contributed by atoms with Crippen LogP contribution < -0.4 is 5.32 Å². The van der Waals surface area contributed by atoms with Crippen LogP contribution in [0.25, 0.3) is 0 Å². The number of anilines is 1. The van der Waals surface area contributed by atoms with Crippen molar-refractivity contribution in [3.63, 3.8) is 0 Å². The number of rotatable bonds is 3. The van der Waals surface area contributed by atoms with Gasteiger partial charge in [-0.1, -0.05) is 11.6 Å². The summed E-state index contributed by atoms with van der Waals surface area (Å²) in [5, 5.41) is 3.14. The maximum atomic E-state index is 13.1. The second-order valence-electron chi connectivity index (χ2n) is 3.76. The molecule has 0 saturated heterocycles. The van der Waals surface area contributed by atoms with E-state index < -0.39 is 17.4 Å². The molecule has 6 heteroatoms. The first-order chi connectivity index (χ1) is 9.02. The van der Waals surface area contributed by atoms with Crippen molar-refractivity contribution in [1.82, 2.24) is 4.98 Å². The monoisotopic (exact) mass is 282 g/mol. The Morgan fingerprint density at radius 1 is 1.26 bits per heavy atom. The lowest BCUT2D eigenvalue weighted by atomic mass is 10.1. The van der Waals surface area contributed by atoms with Crippen LogP contribution in [-0.2, 0) is 0 Å². The zero-order valence-corrected chi connectivity index (χ0v) is 10.6. The van der Waals surface area contributed by atoms with Crippen molar-refractivity contribution in [2.45, 2.75) is 0 Å². The Morgan fingerprint density at radius 2 is 2.00 bits per heavy atom. The minimum absolute atomic E-state index is 0.0187. The van der Waals surface area contributed by atoms with Crippen molar-refractivity contribution in [2.75, 3.05) is 12.4 Å². The molecule has 0 bridgehead atoms. The van der Waals surface area contributed by atoms with Gasteiger partial charge in [-0.05, 0) is 24.3 Å². The molecule has 3 nitrogen and oxygen atoms in total. The Hall–Kier alpha value is -2.01. The molecular weight excluding hydrogens is 274 g/mol. The molecule has 0 fully saturated rings. The highest BCUT2D eigenvalue weighted by Crippen LogP contribution is 2.21. The van der Waals surface area contributed by atoms with Crippen LogP contribution in [-0.4, -0.2) is 17.8 Å². The number of aromatic nitrogens is 1. The highest BCUT2D eigenvalue weighted by atomic mass is 35.5. The average molecular weight is 283 g/mol. The van der Waals surface area contributed by atoms with E-state index in [1.165, 1.54) is 18.3 Å². The maximum absolute atomic E-state index is 13.1. The molecule has 0 radical (unpaired) electrons. The fraction of sp³-hybridized carbons (Fsp3) is 0.0769. The number of carbonyl (C=O) groups excluding carboxylic acids is 1. The smallest absolute Gasteiger partial charge is 0.213 e. The molecule has 1 aromatic carbocycles. The Labute approximate surface area is 113 Å². The fourth-order valence-electron chi connectivity index (χ4n) is 1.58. The second kappa shape index (κ2) is 5.32. The normalized spacial score (nSPS) is 10.3. The van der Waals surface area contributed by atoms with Crippen molar-refractivity contribution < 1.29 is 13.6 Å². The van der Waals surface area contributed by atoms with E-state index in [-0.39, 0.29) is 11.3 Å². The first kappa shape index (κ1) is 13.4. The molecule has 1 heterocycles. The topological polar surface area (TPSA) is 42.0 Å². The Kier molecular flexibility index (Phi) is 3.76. The van der Waals surface area contributed by atoms with Gasteiger partial charge in [-0.25, -0.2) is 13.8 Å². The van der Waals surface area contributed by atoms with Crippen molar-refractivity contribution in [2.24, 2.45) is 0 Å². The average Bonchev–Trinajstić information content (AvgIpc) is 2.41. The van der Waals surface area contributed by atoms with E-state index in [1.807, 2.05) is 0 Å². The van der Waals surface area contributed by atoms with E-state index in [4.69, 9.17) is 11.6 Å². The highest BCUT2D eigenvalue weighted by Gasteiger charge is 2.17. The summed E-state index contributed by atoms with van der Waals surface area (Å²) in [6.45, 7) is 0. The number of ketones is 1. The lowest BCUT2D eigenvalue weighted by Gasteiger charge is -2.07. The molecule has 0 aliphatic heterocycles. The molecule has 0 saturated carbocycles. The quantitative estimate of drug-likeness (QED) is 0.879. The molecular formula is C13H9ClF2N2O. The molecule has 2 aromatic rings. The Bertz CT molecular complexity index is 647. The number of nitrogens with zero attached hydrogens (tertiary/aromatic N) is 1. The minimum atomic E-state index is -1.08. The fourth-order valence-corrected chi connectivity index (χ4v) is 1.74. The lowest BCUT2D eigenvalue weighted by molar-refractivity contribution is 0.103. The van der Waals surface area contributed by atoms with Crippen molar-refractivity contribution in [3.05, 3.63) is 58.4 Å². The molecule has 0 aliphatic rings. The van der Waals surface area contributed by atoms with Crippen molar-refractivity contribution in [1.29, 1.82) is 0 Å². The van der Waals surface area contributed by atoms with Crippen LogP contribution in [0, 0.1) is 11.6 Å².